The van der Waals surface area contributed by atoms with E-state index in [1.165, 1.54) is 0 Å². The summed E-state index contributed by atoms with van der Waals surface area (Å²) in [6, 6.07) is 0. The van der Waals surface area contributed by atoms with Crippen molar-refractivity contribution in [2.45, 2.75) is 20.1 Å². The number of hydrogen-bond acceptors (Lipinski definition) is 3. The van der Waals surface area contributed by atoms with Gasteiger partial charge in [0.1, 0.15) is 6.23 Å². The molecule has 11 heavy (non-hydrogen) atoms. The minimum atomic E-state index is -0.253. The maximum absolute atomic E-state index is 9.65. The van der Waals surface area contributed by atoms with Gasteiger partial charge in [-0.2, -0.15) is 0 Å². The first-order chi connectivity index (χ1) is 5.22. The van der Waals surface area contributed by atoms with Crippen LogP contribution in [0.25, 0.3) is 0 Å². The van der Waals surface area contributed by atoms with E-state index in [-0.39, 0.29) is 6.23 Å². The third-order valence-corrected chi connectivity index (χ3v) is 2.12. The van der Waals surface area contributed by atoms with Crippen LogP contribution in [0.5, 0.6) is 0 Å². The number of aliphatic hydroxyl groups excluding tert-OH is 1. The Morgan fingerprint density at radius 3 is 2.27 bits per heavy atom. The predicted octanol–water partition coefficient (Wildman–Crippen LogP) is -0.134. The van der Waals surface area contributed by atoms with Crippen LogP contribution in [0.4, 0.5) is 0 Å². The van der Waals surface area contributed by atoms with Crippen LogP contribution >= 0.6 is 0 Å². The quantitative estimate of drug-likeness (QED) is 0.587. The first-order valence-corrected chi connectivity index (χ1v) is 4.34. The van der Waals surface area contributed by atoms with Gasteiger partial charge in [-0.25, -0.2) is 0 Å². The Bertz CT molecular complexity index is 111. The molecule has 0 aromatic heterocycles. The fourth-order valence-corrected chi connectivity index (χ4v) is 1.37. The Morgan fingerprint density at radius 2 is 1.82 bits per heavy atom. The van der Waals surface area contributed by atoms with Crippen molar-refractivity contribution in [3.05, 3.63) is 0 Å². The molecule has 0 amide bonds. The fraction of sp³-hybridized carbons (Fsp3) is 1.00. The Balaban J connectivity index is 2.32. The van der Waals surface area contributed by atoms with Gasteiger partial charge < -0.3 is 10.4 Å². The molecule has 1 heterocycles. The van der Waals surface area contributed by atoms with E-state index in [9.17, 15) is 5.11 Å². The summed E-state index contributed by atoms with van der Waals surface area (Å²) in [5.41, 5.74) is 0. The maximum atomic E-state index is 9.65. The summed E-state index contributed by atoms with van der Waals surface area (Å²) in [6.07, 6.45) is -0.253. The molecule has 3 nitrogen and oxygen atoms in total. The lowest BCUT2D eigenvalue weighted by Gasteiger charge is -2.33. The monoisotopic (exact) mass is 158 g/mol. The van der Waals surface area contributed by atoms with Crippen molar-refractivity contribution >= 4 is 0 Å². The van der Waals surface area contributed by atoms with E-state index in [1.54, 1.807) is 0 Å². The van der Waals surface area contributed by atoms with Crippen LogP contribution < -0.4 is 5.32 Å². The number of rotatable bonds is 2. The van der Waals surface area contributed by atoms with Gasteiger partial charge >= 0.3 is 0 Å². The molecular weight excluding hydrogens is 140 g/mol. The topological polar surface area (TPSA) is 35.5 Å². The minimum Gasteiger partial charge on any atom is -0.378 e. The van der Waals surface area contributed by atoms with Crippen molar-refractivity contribution in [1.29, 1.82) is 0 Å². The second-order valence-electron chi connectivity index (χ2n) is 3.44. The highest BCUT2D eigenvalue weighted by Crippen LogP contribution is 2.07. The van der Waals surface area contributed by atoms with Crippen molar-refractivity contribution in [2.24, 2.45) is 5.92 Å². The zero-order valence-electron chi connectivity index (χ0n) is 7.38. The Labute approximate surface area is 68.4 Å². The molecule has 1 aliphatic rings. The first kappa shape index (κ1) is 8.97. The normalized spacial score (nSPS) is 24.0. The smallest absolute Gasteiger partial charge is 0.109 e. The zero-order chi connectivity index (χ0) is 8.27. The summed E-state index contributed by atoms with van der Waals surface area (Å²) in [5.74, 6) is 0.341. The second-order valence-corrected chi connectivity index (χ2v) is 3.44. The van der Waals surface area contributed by atoms with Crippen LogP contribution in [-0.4, -0.2) is 42.4 Å². The van der Waals surface area contributed by atoms with Crippen LogP contribution in [-0.2, 0) is 0 Å². The van der Waals surface area contributed by atoms with Gasteiger partial charge in [-0.15, -0.1) is 0 Å². The van der Waals surface area contributed by atoms with E-state index in [1.807, 2.05) is 13.8 Å². The van der Waals surface area contributed by atoms with Gasteiger partial charge in [0.05, 0.1) is 0 Å². The number of piperazine rings is 1. The number of aliphatic hydroxyl groups is 1. The lowest BCUT2D eigenvalue weighted by atomic mass is 10.1. The zero-order valence-corrected chi connectivity index (χ0v) is 7.38. The van der Waals surface area contributed by atoms with Gasteiger partial charge in [-0.3, -0.25) is 4.90 Å². The van der Waals surface area contributed by atoms with Gasteiger partial charge in [0.25, 0.3) is 0 Å². The SMILES string of the molecule is CC(C)C(O)N1CCNCC1. The van der Waals surface area contributed by atoms with Crippen LogP contribution in [0.15, 0.2) is 0 Å². The average Bonchev–Trinajstić information content (AvgIpc) is 2.05. The van der Waals surface area contributed by atoms with Crippen molar-refractivity contribution in [1.82, 2.24) is 10.2 Å². The van der Waals surface area contributed by atoms with Crippen molar-refractivity contribution < 1.29 is 5.11 Å². The molecule has 66 valence electrons. The van der Waals surface area contributed by atoms with E-state index in [4.69, 9.17) is 0 Å². The molecule has 2 N–H and O–H groups in total. The third-order valence-electron chi connectivity index (χ3n) is 2.12. The van der Waals surface area contributed by atoms with Gasteiger partial charge in [-0.05, 0) is 5.92 Å². The standard InChI is InChI=1S/C8H18N2O/c1-7(2)8(11)10-5-3-9-4-6-10/h7-9,11H,3-6H2,1-2H3. The molecule has 0 spiro atoms. The molecule has 1 atom stereocenters. The van der Waals surface area contributed by atoms with Crippen LogP contribution in [0, 0.1) is 5.92 Å². The average molecular weight is 158 g/mol. The largest absolute Gasteiger partial charge is 0.378 e. The predicted molar refractivity (Wildman–Crippen MR) is 45.3 cm³/mol. The molecule has 1 rings (SSSR count). The number of nitrogens with one attached hydrogen (secondary N) is 1. The van der Waals surface area contributed by atoms with Gasteiger partial charge in [0, 0.05) is 26.2 Å². The molecule has 0 aromatic carbocycles. The molecular formula is C8H18N2O. The molecule has 0 radical (unpaired) electrons. The molecule has 0 saturated carbocycles. The van der Waals surface area contributed by atoms with E-state index in [0.29, 0.717) is 5.92 Å². The summed E-state index contributed by atoms with van der Waals surface area (Å²) in [4.78, 5) is 2.13. The van der Waals surface area contributed by atoms with Gasteiger partial charge in [0.15, 0.2) is 0 Å². The molecule has 0 bridgehead atoms. The Morgan fingerprint density at radius 1 is 1.27 bits per heavy atom. The third kappa shape index (κ3) is 2.43. The van der Waals surface area contributed by atoms with Crippen LogP contribution in [0.3, 0.4) is 0 Å². The van der Waals surface area contributed by atoms with E-state index >= 15 is 0 Å². The van der Waals surface area contributed by atoms with Crippen LogP contribution in [0.2, 0.25) is 0 Å². The highest BCUT2D eigenvalue weighted by atomic mass is 16.3. The molecule has 0 aliphatic carbocycles. The Hall–Kier alpha value is -0.120. The lowest BCUT2D eigenvalue weighted by molar-refractivity contribution is -0.0353. The van der Waals surface area contributed by atoms with Crippen molar-refractivity contribution in [3.8, 4) is 0 Å². The highest BCUT2D eigenvalue weighted by molar-refractivity contribution is 4.71. The Kier molecular flexibility index (Phi) is 3.30. The lowest BCUT2D eigenvalue weighted by Crippen LogP contribution is -2.50. The first-order valence-electron chi connectivity index (χ1n) is 4.34. The fourth-order valence-electron chi connectivity index (χ4n) is 1.37. The molecule has 0 aromatic rings. The molecule has 1 unspecified atom stereocenters. The highest BCUT2D eigenvalue weighted by Gasteiger charge is 2.19. The van der Waals surface area contributed by atoms with Gasteiger partial charge in [0.2, 0.25) is 0 Å². The summed E-state index contributed by atoms with van der Waals surface area (Å²) in [6.45, 7) is 8.05. The van der Waals surface area contributed by atoms with Crippen molar-refractivity contribution in [3.63, 3.8) is 0 Å². The molecule has 1 fully saturated rings. The number of nitrogens with zero attached hydrogens (tertiary/aromatic N) is 1. The minimum absolute atomic E-state index is 0.253. The summed E-state index contributed by atoms with van der Waals surface area (Å²) >= 11 is 0. The molecule has 1 aliphatic heterocycles. The van der Waals surface area contributed by atoms with E-state index in [0.717, 1.165) is 26.2 Å². The summed E-state index contributed by atoms with van der Waals surface area (Å²) in [5, 5.41) is 12.9. The van der Waals surface area contributed by atoms with Gasteiger partial charge in [-0.1, -0.05) is 13.8 Å². The van der Waals surface area contributed by atoms with E-state index < -0.39 is 0 Å². The molecule has 3 heteroatoms. The maximum Gasteiger partial charge on any atom is 0.109 e. The van der Waals surface area contributed by atoms with Crippen molar-refractivity contribution in [2.75, 3.05) is 26.2 Å². The van der Waals surface area contributed by atoms with Crippen LogP contribution in [0.1, 0.15) is 13.8 Å². The number of hydrogen-bond donors (Lipinski definition) is 2. The summed E-state index contributed by atoms with van der Waals surface area (Å²) < 4.78 is 0. The van der Waals surface area contributed by atoms with E-state index in [2.05, 4.69) is 10.2 Å². The second kappa shape index (κ2) is 4.04. The molecule has 1 saturated heterocycles. The summed E-state index contributed by atoms with van der Waals surface area (Å²) in [7, 11) is 0.